The first-order chi connectivity index (χ1) is 8.77. The fourth-order valence-electron chi connectivity index (χ4n) is 3.49. The Morgan fingerprint density at radius 3 is 2.37 bits per heavy atom. The summed E-state index contributed by atoms with van der Waals surface area (Å²) < 4.78 is 0. The summed E-state index contributed by atoms with van der Waals surface area (Å²) in [7, 11) is 0. The van der Waals surface area contributed by atoms with Crippen molar-refractivity contribution < 1.29 is 4.79 Å². The van der Waals surface area contributed by atoms with Crippen LogP contribution in [-0.4, -0.2) is 29.1 Å². The second kappa shape index (κ2) is 5.08. The molecule has 3 heteroatoms. The van der Waals surface area contributed by atoms with Crippen LogP contribution in [0.3, 0.4) is 0 Å². The number of nitrogens with zero attached hydrogens (tertiary/aromatic N) is 1. The molecule has 2 atom stereocenters. The van der Waals surface area contributed by atoms with Crippen LogP contribution in [0.2, 0.25) is 0 Å². The standard InChI is InChI=1S/C16H30N2O/c1-6-16(5)14(19)18(11-15(2,3)4)13(17-16)12-9-7-8-10-12/h12-13,17H,6-11H2,1-5H3. The van der Waals surface area contributed by atoms with Crippen molar-refractivity contribution in [2.75, 3.05) is 6.54 Å². The Kier molecular flexibility index (Phi) is 3.97. The van der Waals surface area contributed by atoms with Gasteiger partial charge in [0.2, 0.25) is 5.91 Å². The molecule has 0 aromatic heterocycles. The van der Waals surface area contributed by atoms with Crippen LogP contribution in [0.5, 0.6) is 0 Å². The van der Waals surface area contributed by atoms with Crippen molar-refractivity contribution in [1.29, 1.82) is 0 Å². The van der Waals surface area contributed by atoms with Gasteiger partial charge >= 0.3 is 0 Å². The van der Waals surface area contributed by atoms with E-state index < -0.39 is 0 Å². The van der Waals surface area contributed by atoms with Crippen molar-refractivity contribution in [2.24, 2.45) is 11.3 Å². The number of rotatable bonds is 3. The molecule has 1 amide bonds. The minimum absolute atomic E-state index is 0.160. The van der Waals surface area contributed by atoms with Crippen LogP contribution in [0.25, 0.3) is 0 Å². The number of amides is 1. The van der Waals surface area contributed by atoms with Crippen molar-refractivity contribution in [3.8, 4) is 0 Å². The summed E-state index contributed by atoms with van der Waals surface area (Å²) in [4.78, 5) is 14.9. The zero-order valence-electron chi connectivity index (χ0n) is 13.3. The molecule has 0 radical (unpaired) electrons. The van der Waals surface area contributed by atoms with Gasteiger partial charge in [-0.15, -0.1) is 0 Å². The molecule has 2 fully saturated rings. The van der Waals surface area contributed by atoms with E-state index in [1.165, 1.54) is 25.7 Å². The Bertz CT molecular complexity index is 341. The van der Waals surface area contributed by atoms with Gasteiger partial charge in [-0.3, -0.25) is 10.1 Å². The Hall–Kier alpha value is -0.570. The molecule has 0 aromatic carbocycles. The van der Waals surface area contributed by atoms with Crippen LogP contribution in [0.1, 0.15) is 66.7 Å². The van der Waals surface area contributed by atoms with Gasteiger partial charge in [-0.1, -0.05) is 40.5 Å². The summed E-state index contributed by atoms with van der Waals surface area (Å²) in [6.07, 6.45) is 6.32. The summed E-state index contributed by atoms with van der Waals surface area (Å²) in [6.45, 7) is 11.7. The maximum atomic E-state index is 12.8. The molecule has 2 rings (SSSR count). The molecule has 2 unspecified atom stereocenters. The number of hydrogen-bond acceptors (Lipinski definition) is 2. The van der Waals surface area contributed by atoms with Gasteiger partial charge in [-0.2, -0.15) is 0 Å². The molecule has 0 aromatic rings. The molecule has 0 bridgehead atoms. The zero-order valence-corrected chi connectivity index (χ0v) is 13.3. The minimum atomic E-state index is -0.349. The van der Waals surface area contributed by atoms with Crippen molar-refractivity contribution >= 4 is 5.91 Å². The molecule has 1 saturated heterocycles. The van der Waals surface area contributed by atoms with E-state index in [0.717, 1.165) is 13.0 Å². The molecule has 2 aliphatic rings. The largest absolute Gasteiger partial charge is 0.325 e. The highest BCUT2D eigenvalue weighted by Crippen LogP contribution is 2.36. The lowest BCUT2D eigenvalue weighted by atomic mass is 9.94. The first-order valence-electron chi connectivity index (χ1n) is 7.85. The van der Waals surface area contributed by atoms with Gasteiger partial charge in [0.1, 0.15) is 0 Å². The quantitative estimate of drug-likeness (QED) is 0.851. The third-order valence-corrected chi connectivity index (χ3v) is 4.73. The fraction of sp³-hybridized carbons (Fsp3) is 0.938. The summed E-state index contributed by atoms with van der Waals surface area (Å²) in [5.74, 6) is 0.960. The maximum absolute atomic E-state index is 12.8. The Morgan fingerprint density at radius 1 is 1.32 bits per heavy atom. The number of hydrogen-bond donors (Lipinski definition) is 1. The van der Waals surface area contributed by atoms with Crippen LogP contribution in [0.4, 0.5) is 0 Å². The van der Waals surface area contributed by atoms with E-state index in [4.69, 9.17) is 0 Å². The highest BCUT2D eigenvalue weighted by atomic mass is 16.2. The van der Waals surface area contributed by atoms with Crippen molar-refractivity contribution in [2.45, 2.75) is 78.4 Å². The second-order valence-electron chi connectivity index (χ2n) is 7.81. The number of carbonyl (C=O) groups is 1. The minimum Gasteiger partial charge on any atom is -0.325 e. The third kappa shape index (κ3) is 2.96. The molecule has 1 heterocycles. The van der Waals surface area contributed by atoms with E-state index >= 15 is 0 Å². The van der Waals surface area contributed by atoms with Crippen molar-refractivity contribution in [1.82, 2.24) is 10.2 Å². The van der Waals surface area contributed by atoms with Gasteiger partial charge < -0.3 is 4.90 Å². The Balaban J connectivity index is 2.20. The van der Waals surface area contributed by atoms with E-state index in [-0.39, 0.29) is 17.1 Å². The molecule has 1 N–H and O–H groups in total. The smallest absolute Gasteiger partial charge is 0.243 e. The fourth-order valence-corrected chi connectivity index (χ4v) is 3.49. The molecular weight excluding hydrogens is 236 g/mol. The third-order valence-electron chi connectivity index (χ3n) is 4.73. The van der Waals surface area contributed by atoms with Crippen LogP contribution < -0.4 is 5.32 Å². The van der Waals surface area contributed by atoms with E-state index in [2.05, 4.69) is 44.8 Å². The van der Waals surface area contributed by atoms with Gasteiger partial charge in [0.15, 0.2) is 0 Å². The topological polar surface area (TPSA) is 32.3 Å². The molecule has 1 aliphatic carbocycles. The van der Waals surface area contributed by atoms with Crippen LogP contribution in [0, 0.1) is 11.3 Å². The average Bonchev–Trinajstić information content (AvgIpc) is 2.90. The first-order valence-corrected chi connectivity index (χ1v) is 7.85. The lowest BCUT2D eigenvalue weighted by molar-refractivity contribution is -0.134. The predicted molar refractivity (Wildman–Crippen MR) is 78.7 cm³/mol. The number of nitrogens with one attached hydrogen (secondary N) is 1. The Morgan fingerprint density at radius 2 is 1.89 bits per heavy atom. The lowest BCUT2D eigenvalue weighted by Gasteiger charge is -2.33. The molecule has 3 nitrogen and oxygen atoms in total. The van der Waals surface area contributed by atoms with Gasteiger partial charge in [0.05, 0.1) is 11.7 Å². The molecule has 110 valence electrons. The second-order valence-corrected chi connectivity index (χ2v) is 7.81. The first kappa shape index (κ1) is 14.8. The van der Waals surface area contributed by atoms with Gasteiger partial charge in [0, 0.05) is 6.54 Å². The monoisotopic (exact) mass is 266 g/mol. The molecule has 1 saturated carbocycles. The maximum Gasteiger partial charge on any atom is 0.243 e. The molecule has 19 heavy (non-hydrogen) atoms. The lowest BCUT2D eigenvalue weighted by Crippen LogP contribution is -2.46. The van der Waals surface area contributed by atoms with E-state index in [1.807, 2.05) is 0 Å². The SMILES string of the molecule is CCC1(C)NC(C2CCCC2)N(CC(C)(C)C)C1=O. The average molecular weight is 266 g/mol. The van der Waals surface area contributed by atoms with Crippen LogP contribution in [0.15, 0.2) is 0 Å². The molecule has 1 aliphatic heterocycles. The Labute approximate surface area is 118 Å². The van der Waals surface area contributed by atoms with E-state index in [9.17, 15) is 4.79 Å². The summed E-state index contributed by atoms with van der Waals surface area (Å²) in [5, 5.41) is 3.66. The van der Waals surface area contributed by atoms with Crippen LogP contribution >= 0.6 is 0 Å². The van der Waals surface area contributed by atoms with Gasteiger partial charge in [-0.25, -0.2) is 0 Å². The van der Waals surface area contributed by atoms with E-state index in [1.54, 1.807) is 0 Å². The van der Waals surface area contributed by atoms with Crippen molar-refractivity contribution in [3.63, 3.8) is 0 Å². The highest BCUT2D eigenvalue weighted by Gasteiger charge is 2.50. The molecular formula is C16H30N2O. The summed E-state index contributed by atoms with van der Waals surface area (Å²) in [5.41, 5.74) is -0.189. The van der Waals surface area contributed by atoms with Gasteiger partial charge in [-0.05, 0) is 37.5 Å². The normalized spacial score (nSPS) is 33.4. The van der Waals surface area contributed by atoms with Gasteiger partial charge in [0.25, 0.3) is 0 Å². The predicted octanol–water partition coefficient (Wildman–Crippen LogP) is 3.15. The molecule has 0 spiro atoms. The van der Waals surface area contributed by atoms with Crippen molar-refractivity contribution in [3.05, 3.63) is 0 Å². The number of carbonyl (C=O) groups excluding carboxylic acids is 1. The summed E-state index contributed by atoms with van der Waals surface area (Å²) >= 11 is 0. The van der Waals surface area contributed by atoms with E-state index in [0.29, 0.717) is 11.8 Å². The zero-order chi connectivity index (χ0) is 14.3. The van der Waals surface area contributed by atoms with Crippen LogP contribution in [-0.2, 0) is 4.79 Å². The highest BCUT2D eigenvalue weighted by molar-refractivity contribution is 5.88. The summed E-state index contributed by atoms with van der Waals surface area (Å²) in [6, 6.07) is 0.